The standard InChI is InChI=1S/C14H14Cl2N4O2/c1-20-6-2-3-10(20)8-13(21)18-19-14(22)17-9-4-5-11(15)12(16)7-9/h2-7H,8H2,1H3,(H,18,21)(H2,17,19,22). The van der Waals surface area contributed by atoms with Gasteiger partial charge >= 0.3 is 6.03 Å². The molecular formula is C14H14Cl2N4O2. The van der Waals surface area contributed by atoms with E-state index < -0.39 is 6.03 Å². The second kappa shape index (κ2) is 7.20. The van der Waals surface area contributed by atoms with Gasteiger partial charge in [0.05, 0.1) is 16.5 Å². The van der Waals surface area contributed by atoms with Gasteiger partial charge in [0.1, 0.15) is 0 Å². The van der Waals surface area contributed by atoms with Gasteiger partial charge in [-0.2, -0.15) is 0 Å². The first-order valence-electron chi connectivity index (χ1n) is 6.37. The molecule has 1 aromatic heterocycles. The summed E-state index contributed by atoms with van der Waals surface area (Å²) in [5, 5.41) is 3.24. The Hall–Kier alpha value is -2.18. The summed E-state index contributed by atoms with van der Waals surface area (Å²) in [6.45, 7) is 0. The van der Waals surface area contributed by atoms with Gasteiger partial charge < -0.3 is 9.88 Å². The summed E-state index contributed by atoms with van der Waals surface area (Å²) in [7, 11) is 1.84. The molecular weight excluding hydrogens is 327 g/mol. The summed E-state index contributed by atoms with van der Waals surface area (Å²) in [4.78, 5) is 23.4. The van der Waals surface area contributed by atoms with Crippen LogP contribution in [0.25, 0.3) is 0 Å². The van der Waals surface area contributed by atoms with Crippen LogP contribution < -0.4 is 16.2 Å². The fourth-order valence-electron chi connectivity index (χ4n) is 1.75. The number of hydrazine groups is 1. The highest BCUT2D eigenvalue weighted by atomic mass is 35.5. The first-order valence-corrected chi connectivity index (χ1v) is 7.12. The predicted octanol–water partition coefficient (Wildman–Crippen LogP) is 2.73. The minimum absolute atomic E-state index is 0.163. The van der Waals surface area contributed by atoms with Gasteiger partial charge in [0.2, 0.25) is 5.91 Å². The Kier molecular flexibility index (Phi) is 5.30. The van der Waals surface area contributed by atoms with E-state index in [2.05, 4.69) is 16.2 Å². The van der Waals surface area contributed by atoms with Crippen molar-refractivity contribution in [2.24, 2.45) is 7.05 Å². The maximum atomic E-state index is 11.7. The Morgan fingerprint density at radius 1 is 1.14 bits per heavy atom. The van der Waals surface area contributed by atoms with Gasteiger partial charge in [-0.25, -0.2) is 10.2 Å². The van der Waals surface area contributed by atoms with Gasteiger partial charge in [-0.05, 0) is 30.3 Å². The minimum Gasteiger partial charge on any atom is -0.354 e. The Bertz CT molecular complexity index is 700. The zero-order valence-electron chi connectivity index (χ0n) is 11.7. The molecule has 3 N–H and O–H groups in total. The molecule has 0 radical (unpaired) electrons. The number of nitrogens with zero attached hydrogens (tertiary/aromatic N) is 1. The molecule has 22 heavy (non-hydrogen) atoms. The third-order valence-corrected chi connectivity index (χ3v) is 3.62. The highest BCUT2D eigenvalue weighted by Crippen LogP contribution is 2.24. The Balaban J connectivity index is 1.81. The molecule has 1 heterocycles. The van der Waals surface area contributed by atoms with Crippen LogP contribution in [0.2, 0.25) is 10.0 Å². The van der Waals surface area contributed by atoms with Crippen molar-refractivity contribution in [2.75, 3.05) is 5.32 Å². The van der Waals surface area contributed by atoms with Crippen LogP contribution in [0, 0.1) is 0 Å². The van der Waals surface area contributed by atoms with E-state index in [1.165, 1.54) is 6.07 Å². The van der Waals surface area contributed by atoms with E-state index >= 15 is 0 Å². The van der Waals surface area contributed by atoms with Gasteiger partial charge in [-0.15, -0.1) is 0 Å². The first-order chi connectivity index (χ1) is 10.5. The predicted molar refractivity (Wildman–Crippen MR) is 85.9 cm³/mol. The van der Waals surface area contributed by atoms with Crippen molar-refractivity contribution in [3.63, 3.8) is 0 Å². The summed E-state index contributed by atoms with van der Waals surface area (Å²) in [6, 6.07) is 7.75. The van der Waals surface area contributed by atoms with E-state index in [4.69, 9.17) is 23.2 Å². The molecule has 2 rings (SSSR count). The largest absolute Gasteiger partial charge is 0.354 e. The molecule has 0 fully saturated rings. The summed E-state index contributed by atoms with van der Waals surface area (Å²) >= 11 is 11.6. The SMILES string of the molecule is Cn1cccc1CC(=O)NNC(=O)Nc1ccc(Cl)c(Cl)c1. The van der Waals surface area contributed by atoms with Crippen molar-refractivity contribution in [3.05, 3.63) is 52.3 Å². The average molecular weight is 341 g/mol. The van der Waals surface area contributed by atoms with Crippen LogP contribution in [-0.4, -0.2) is 16.5 Å². The molecule has 116 valence electrons. The van der Waals surface area contributed by atoms with Crippen LogP contribution in [0.1, 0.15) is 5.69 Å². The number of rotatable bonds is 3. The van der Waals surface area contributed by atoms with Crippen molar-refractivity contribution in [2.45, 2.75) is 6.42 Å². The lowest BCUT2D eigenvalue weighted by atomic mass is 10.3. The maximum Gasteiger partial charge on any atom is 0.337 e. The van der Waals surface area contributed by atoms with Gasteiger partial charge in [-0.3, -0.25) is 10.2 Å². The number of hydrogen-bond donors (Lipinski definition) is 3. The number of hydrogen-bond acceptors (Lipinski definition) is 2. The topological polar surface area (TPSA) is 75.2 Å². The molecule has 3 amide bonds. The molecule has 0 saturated heterocycles. The number of nitrogens with one attached hydrogen (secondary N) is 3. The molecule has 0 atom stereocenters. The smallest absolute Gasteiger partial charge is 0.337 e. The van der Waals surface area contributed by atoms with Crippen molar-refractivity contribution < 1.29 is 9.59 Å². The van der Waals surface area contributed by atoms with Crippen LogP contribution in [0.15, 0.2) is 36.5 Å². The number of benzene rings is 1. The van der Waals surface area contributed by atoms with Gasteiger partial charge in [-0.1, -0.05) is 23.2 Å². The Morgan fingerprint density at radius 2 is 1.91 bits per heavy atom. The number of aromatic nitrogens is 1. The molecule has 0 saturated carbocycles. The van der Waals surface area contributed by atoms with E-state index in [1.807, 2.05) is 29.9 Å². The molecule has 0 aliphatic carbocycles. The molecule has 8 heteroatoms. The normalized spacial score (nSPS) is 10.1. The third-order valence-electron chi connectivity index (χ3n) is 2.89. The van der Waals surface area contributed by atoms with Crippen LogP contribution in [0.5, 0.6) is 0 Å². The highest BCUT2D eigenvalue weighted by molar-refractivity contribution is 6.42. The zero-order valence-corrected chi connectivity index (χ0v) is 13.2. The summed E-state index contributed by atoms with van der Waals surface area (Å²) < 4.78 is 1.83. The Labute approximate surface area is 137 Å². The molecule has 0 spiro atoms. The first kappa shape index (κ1) is 16.2. The molecule has 0 aliphatic heterocycles. The van der Waals surface area contributed by atoms with Crippen molar-refractivity contribution in [1.82, 2.24) is 15.4 Å². The van der Waals surface area contributed by atoms with E-state index in [0.29, 0.717) is 15.7 Å². The molecule has 0 aliphatic rings. The van der Waals surface area contributed by atoms with Crippen molar-refractivity contribution >= 4 is 40.8 Å². The van der Waals surface area contributed by atoms with E-state index in [9.17, 15) is 9.59 Å². The zero-order chi connectivity index (χ0) is 16.1. The molecule has 6 nitrogen and oxygen atoms in total. The van der Waals surface area contributed by atoms with E-state index in [-0.39, 0.29) is 12.3 Å². The molecule has 0 unspecified atom stereocenters. The maximum absolute atomic E-state index is 11.7. The quantitative estimate of drug-likeness (QED) is 0.751. The van der Waals surface area contributed by atoms with E-state index in [1.54, 1.807) is 12.1 Å². The van der Waals surface area contributed by atoms with Crippen molar-refractivity contribution in [3.8, 4) is 0 Å². The second-order valence-corrected chi connectivity index (χ2v) is 5.36. The lowest BCUT2D eigenvalue weighted by Gasteiger charge is -2.10. The number of urea groups is 1. The fourth-order valence-corrected chi connectivity index (χ4v) is 2.05. The monoisotopic (exact) mass is 340 g/mol. The average Bonchev–Trinajstić information content (AvgIpc) is 2.86. The van der Waals surface area contributed by atoms with Crippen LogP contribution >= 0.6 is 23.2 Å². The van der Waals surface area contributed by atoms with Gasteiger partial charge in [0.25, 0.3) is 0 Å². The number of aryl methyl sites for hydroxylation is 1. The second-order valence-electron chi connectivity index (χ2n) is 4.54. The van der Waals surface area contributed by atoms with Gasteiger partial charge in [0, 0.05) is 24.6 Å². The lowest BCUT2D eigenvalue weighted by molar-refractivity contribution is -0.121. The van der Waals surface area contributed by atoms with Gasteiger partial charge in [0.15, 0.2) is 0 Å². The van der Waals surface area contributed by atoms with Crippen molar-refractivity contribution in [1.29, 1.82) is 0 Å². The van der Waals surface area contributed by atoms with Crippen LogP contribution in [0.4, 0.5) is 10.5 Å². The lowest BCUT2D eigenvalue weighted by Crippen LogP contribution is -2.44. The fraction of sp³-hybridized carbons (Fsp3) is 0.143. The number of amides is 3. The van der Waals surface area contributed by atoms with Crippen LogP contribution in [-0.2, 0) is 18.3 Å². The summed E-state index contributed by atoms with van der Waals surface area (Å²) in [5.41, 5.74) is 5.88. The molecule has 0 bridgehead atoms. The number of carbonyl (C=O) groups excluding carboxylic acids is 2. The van der Waals surface area contributed by atoms with Crippen LogP contribution in [0.3, 0.4) is 0 Å². The minimum atomic E-state index is -0.585. The third kappa shape index (κ3) is 4.41. The number of anilines is 1. The molecule has 1 aromatic carbocycles. The number of halogens is 2. The number of carbonyl (C=O) groups is 2. The highest BCUT2D eigenvalue weighted by Gasteiger charge is 2.08. The summed E-state index contributed by atoms with van der Waals surface area (Å²) in [5.74, 6) is -0.328. The summed E-state index contributed by atoms with van der Waals surface area (Å²) in [6.07, 6.45) is 2.00. The molecule has 2 aromatic rings. The van der Waals surface area contributed by atoms with E-state index in [0.717, 1.165) is 5.69 Å². The Morgan fingerprint density at radius 3 is 2.55 bits per heavy atom.